The first-order valence-electron chi connectivity index (χ1n) is 9.12. The van der Waals surface area contributed by atoms with Crippen LogP contribution >= 0.6 is 0 Å². The molecule has 142 valence electrons. The predicted octanol–water partition coefficient (Wildman–Crippen LogP) is 5.50. The van der Waals surface area contributed by atoms with E-state index >= 15 is 0 Å². The number of amides is 1. The Morgan fingerprint density at radius 1 is 0.929 bits per heavy atom. The van der Waals surface area contributed by atoms with Crippen molar-refractivity contribution in [2.75, 3.05) is 5.32 Å². The van der Waals surface area contributed by atoms with Gasteiger partial charge in [0.2, 0.25) is 5.91 Å². The molecule has 1 amide bonds. The van der Waals surface area contributed by atoms with Crippen molar-refractivity contribution >= 4 is 33.5 Å². The van der Waals surface area contributed by atoms with Crippen molar-refractivity contribution in [1.29, 1.82) is 0 Å². The minimum Gasteiger partial charge on any atom is -0.454 e. The van der Waals surface area contributed by atoms with Crippen molar-refractivity contribution in [3.8, 4) is 11.3 Å². The molecule has 0 bridgehead atoms. The maximum absolute atomic E-state index is 12.7. The summed E-state index contributed by atoms with van der Waals surface area (Å²) in [5.74, 6) is 0.309. The van der Waals surface area contributed by atoms with Gasteiger partial charge in [0.1, 0.15) is 11.2 Å². The zero-order valence-electron chi connectivity index (χ0n) is 16.3. The first-order valence-corrected chi connectivity index (χ1v) is 9.12. The van der Waals surface area contributed by atoms with Crippen molar-refractivity contribution < 1.29 is 13.6 Å². The Labute approximate surface area is 162 Å². The van der Waals surface area contributed by atoms with E-state index in [4.69, 9.17) is 8.83 Å². The van der Waals surface area contributed by atoms with Crippen molar-refractivity contribution in [2.45, 2.75) is 27.7 Å². The van der Waals surface area contributed by atoms with Crippen LogP contribution in [0.4, 0.5) is 5.69 Å². The lowest BCUT2D eigenvalue weighted by molar-refractivity contribution is -0.123. The molecule has 5 nitrogen and oxygen atoms in total. The predicted molar refractivity (Wildman–Crippen MR) is 111 cm³/mol. The van der Waals surface area contributed by atoms with Crippen molar-refractivity contribution in [2.24, 2.45) is 5.41 Å². The van der Waals surface area contributed by atoms with Gasteiger partial charge in [0.15, 0.2) is 5.76 Å². The maximum atomic E-state index is 12.7. The Morgan fingerprint density at radius 2 is 1.68 bits per heavy atom. The van der Waals surface area contributed by atoms with E-state index < -0.39 is 11.0 Å². The number of fused-ring (bicyclic) bond motifs is 2. The molecule has 2 aromatic carbocycles. The summed E-state index contributed by atoms with van der Waals surface area (Å²) in [6.07, 6.45) is 0. The van der Waals surface area contributed by atoms with Gasteiger partial charge in [-0.1, -0.05) is 45.0 Å². The molecular formula is C23H21NO4. The van der Waals surface area contributed by atoms with Crippen molar-refractivity contribution in [3.05, 3.63) is 64.5 Å². The van der Waals surface area contributed by atoms with E-state index in [1.807, 2.05) is 70.2 Å². The van der Waals surface area contributed by atoms with Crippen LogP contribution in [0.25, 0.3) is 33.3 Å². The van der Waals surface area contributed by atoms with Gasteiger partial charge in [-0.3, -0.25) is 4.79 Å². The van der Waals surface area contributed by atoms with E-state index in [2.05, 4.69) is 5.32 Å². The summed E-state index contributed by atoms with van der Waals surface area (Å²) in [5.41, 5.74) is 2.20. The van der Waals surface area contributed by atoms with Crippen molar-refractivity contribution in [3.63, 3.8) is 0 Å². The molecule has 0 unspecified atom stereocenters. The fourth-order valence-corrected chi connectivity index (χ4v) is 3.12. The molecule has 1 N–H and O–H groups in total. The van der Waals surface area contributed by atoms with Crippen LogP contribution in [0.2, 0.25) is 0 Å². The molecule has 5 heteroatoms. The summed E-state index contributed by atoms with van der Waals surface area (Å²) in [4.78, 5) is 24.9. The highest BCUT2D eigenvalue weighted by Gasteiger charge is 2.26. The molecule has 2 aromatic heterocycles. The Kier molecular flexibility index (Phi) is 4.11. The number of anilines is 1. The van der Waals surface area contributed by atoms with Gasteiger partial charge in [0.25, 0.3) is 0 Å². The van der Waals surface area contributed by atoms with Gasteiger partial charge in [-0.15, -0.1) is 0 Å². The number of benzene rings is 2. The fraction of sp³-hybridized carbons (Fsp3) is 0.217. The molecule has 4 aromatic rings. The van der Waals surface area contributed by atoms with Crippen LogP contribution in [-0.4, -0.2) is 5.91 Å². The lowest BCUT2D eigenvalue weighted by Crippen LogP contribution is -2.27. The highest BCUT2D eigenvalue weighted by molar-refractivity contribution is 6.10. The standard InChI is InChI=1S/C23H21NO4/c1-13-9-10-14-16(12-19(25)27-18(14)11-13)21-20(24-22(26)23(2,3)4)15-7-5-6-8-17(15)28-21/h5-12H,1-4H3,(H,24,26). The van der Waals surface area contributed by atoms with Gasteiger partial charge in [0.05, 0.1) is 5.69 Å². The number of carbonyl (C=O) groups excluding carboxylic acids is 1. The molecular weight excluding hydrogens is 354 g/mol. The largest absolute Gasteiger partial charge is 0.454 e. The highest BCUT2D eigenvalue weighted by atomic mass is 16.4. The van der Waals surface area contributed by atoms with Crippen LogP contribution in [0, 0.1) is 12.3 Å². The third-order valence-corrected chi connectivity index (χ3v) is 4.66. The summed E-state index contributed by atoms with van der Waals surface area (Å²) < 4.78 is 11.5. The number of nitrogens with one attached hydrogen (secondary N) is 1. The minimum absolute atomic E-state index is 0.136. The lowest BCUT2D eigenvalue weighted by atomic mass is 9.95. The van der Waals surface area contributed by atoms with Crippen LogP contribution < -0.4 is 10.9 Å². The molecule has 0 aliphatic heterocycles. The van der Waals surface area contributed by atoms with E-state index in [0.717, 1.165) is 16.3 Å². The smallest absolute Gasteiger partial charge is 0.336 e. The number of para-hydroxylation sites is 1. The average Bonchev–Trinajstić information content (AvgIpc) is 2.98. The molecule has 2 heterocycles. The normalized spacial score (nSPS) is 11.9. The molecule has 0 saturated carbocycles. The first kappa shape index (κ1) is 18.0. The number of hydrogen-bond acceptors (Lipinski definition) is 4. The van der Waals surface area contributed by atoms with E-state index in [9.17, 15) is 9.59 Å². The molecule has 0 radical (unpaired) electrons. The van der Waals surface area contributed by atoms with E-state index in [-0.39, 0.29) is 5.91 Å². The van der Waals surface area contributed by atoms with Crippen LogP contribution in [0.5, 0.6) is 0 Å². The summed E-state index contributed by atoms with van der Waals surface area (Å²) in [5, 5.41) is 4.53. The number of hydrogen-bond donors (Lipinski definition) is 1. The van der Waals surface area contributed by atoms with E-state index in [1.54, 1.807) is 0 Å². The second-order valence-electron chi connectivity index (χ2n) is 7.99. The molecule has 0 spiro atoms. The van der Waals surface area contributed by atoms with Gasteiger partial charge in [-0.2, -0.15) is 0 Å². The third kappa shape index (κ3) is 3.09. The van der Waals surface area contributed by atoms with E-state index in [0.29, 0.717) is 28.2 Å². The van der Waals surface area contributed by atoms with E-state index in [1.165, 1.54) is 6.07 Å². The second kappa shape index (κ2) is 6.37. The Bertz CT molecular complexity index is 1270. The quantitative estimate of drug-likeness (QED) is 0.470. The van der Waals surface area contributed by atoms with Gasteiger partial charge in [-0.05, 0) is 30.7 Å². The van der Waals surface area contributed by atoms with Gasteiger partial charge >= 0.3 is 5.63 Å². The Morgan fingerprint density at radius 3 is 2.43 bits per heavy atom. The first-order chi connectivity index (χ1) is 13.2. The molecule has 28 heavy (non-hydrogen) atoms. The number of rotatable bonds is 2. The minimum atomic E-state index is -0.579. The lowest BCUT2D eigenvalue weighted by Gasteiger charge is -2.18. The van der Waals surface area contributed by atoms with Gasteiger partial charge in [-0.25, -0.2) is 4.79 Å². The fourth-order valence-electron chi connectivity index (χ4n) is 3.12. The van der Waals surface area contributed by atoms with Crippen molar-refractivity contribution in [1.82, 2.24) is 0 Å². The monoisotopic (exact) mass is 375 g/mol. The summed E-state index contributed by atoms with van der Waals surface area (Å²) in [6, 6.07) is 14.5. The van der Waals surface area contributed by atoms with Gasteiger partial charge < -0.3 is 14.2 Å². The third-order valence-electron chi connectivity index (χ3n) is 4.66. The van der Waals surface area contributed by atoms with Crippen LogP contribution in [0.1, 0.15) is 26.3 Å². The van der Waals surface area contributed by atoms with Crippen LogP contribution in [-0.2, 0) is 4.79 Å². The average molecular weight is 375 g/mol. The maximum Gasteiger partial charge on any atom is 0.336 e. The Hall–Kier alpha value is -3.34. The summed E-state index contributed by atoms with van der Waals surface area (Å²) >= 11 is 0. The molecule has 0 aliphatic carbocycles. The zero-order chi connectivity index (χ0) is 20.1. The SMILES string of the molecule is Cc1ccc2c(-c3oc4ccccc4c3NC(=O)C(C)(C)C)cc(=O)oc2c1. The van der Waals surface area contributed by atoms with Crippen LogP contribution in [0.3, 0.4) is 0 Å². The van der Waals surface area contributed by atoms with Gasteiger partial charge in [0, 0.05) is 27.8 Å². The second-order valence-corrected chi connectivity index (χ2v) is 7.99. The molecule has 0 atom stereocenters. The molecule has 4 rings (SSSR count). The molecule has 0 saturated heterocycles. The number of carbonyl (C=O) groups is 1. The molecule has 0 aliphatic rings. The number of furan rings is 1. The summed E-state index contributed by atoms with van der Waals surface area (Å²) in [6.45, 7) is 7.47. The zero-order valence-corrected chi connectivity index (χ0v) is 16.3. The topological polar surface area (TPSA) is 72.5 Å². The van der Waals surface area contributed by atoms with Crippen LogP contribution in [0.15, 0.2) is 62.2 Å². The Balaban J connectivity index is 2.02. The number of aryl methyl sites for hydroxylation is 1. The highest BCUT2D eigenvalue weighted by Crippen LogP contribution is 2.41. The molecule has 0 fully saturated rings. The summed E-state index contributed by atoms with van der Waals surface area (Å²) in [7, 11) is 0.